The number of carbonyl (C=O) groups is 9. The second-order valence-corrected chi connectivity index (χ2v) is 21.5. The molecule has 5 N–H and O–H groups in total. The van der Waals surface area contributed by atoms with Crippen LogP contribution < -0.4 is 21.1 Å². The van der Waals surface area contributed by atoms with Crippen LogP contribution in [0.15, 0.2) is 24.3 Å². The number of hydrogen-bond acceptors (Lipinski definition) is 13. The van der Waals surface area contributed by atoms with E-state index < -0.39 is 95.8 Å². The van der Waals surface area contributed by atoms with Crippen molar-refractivity contribution >= 4 is 53.0 Å². The number of carbonyl (C=O) groups excluding carboxylic acids is 9. The summed E-state index contributed by atoms with van der Waals surface area (Å²) in [5.41, 5.74) is 6.94. The molecule has 1 aromatic carbocycles. The molecule has 0 radical (unpaired) electrons. The summed E-state index contributed by atoms with van der Waals surface area (Å²) in [5, 5.41) is 17.2. The standard InChI is InChI=1S/C54H87N7O12/c1-14-34(8)46(45(64)30-38(63)22-19-31(2)3)56-49(66)47(57-48(65)43(28-33(6)7)58(11)52(69)41-17-15-25-60(41)50(67)35(9)62)36(10)73-54(71)44(29-37-20-23-39(72-13)24-21-37)59(12)53(70)42-18-16-26-61(42)51(68)40(55)27-32(4)5/h20-21,23-24,31-34,36,40-47,64H,14-19,22,25-30,55H2,1-13H3,(H,56,66)(H,57,65)/t34-,36+,40-,41?,42-,43?,44-,45-,46+,47-/m0/s1. The minimum atomic E-state index is -1.67. The number of nitrogens with one attached hydrogen (secondary N) is 2. The molecule has 2 saturated heterocycles. The van der Waals surface area contributed by atoms with Gasteiger partial charge in [0.2, 0.25) is 35.3 Å². The summed E-state index contributed by atoms with van der Waals surface area (Å²) in [6.07, 6.45) is 0.407. The van der Waals surface area contributed by atoms with E-state index in [1.807, 2.05) is 48.5 Å². The molecule has 2 heterocycles. The Kier molecular flexibility index (Phi) is 24.5. The number of hydrogen-bond donors (Lipinski definition) is 4. The van der Waals surface area contributed by atoms with Gasteiger partial charge in [0.15, 0.2) is 0 Å². The summed E-state index contributed by atoms with van der Waals surface area (Å²) in [4.78, 5) is 130. The molecule has 10 atom stereocenters. The SMILES string of the molecule is CC[C@H](C)[C@@H](NC(=O)[C@@H](NC(=O)C(CC(C)C)N(C)C(=O)C1CCCN1C(=O)C(C)=O)[C@@H](C)OC(=O)[C@H](Cc1ccc(OC)cc1)N(C)C(=O)[C@@H]1CCCN1C(=O)[C@@H](N)CC(C)C)[C@@H](O)CC(=O)CCC(C)C. The third-order valence-electron chi connectivity index (χ3n) is 14.2. The minimum Gasteiger partial charge on any atom is -0.497 e. The lowest BCUT2D eigenvalue weighted by molar-refractivity contribution is -0.162. The molecule has 0 aliphatic carbocycles. The Morgan fingerprint density at radius 1 is 0.767 bits per heavy atom. The average molecular weight is 1030 g/mol. The number of Topliss-reactive ketones (excluding diaryl/α,β-unsaturated/α-hetero) is 2. The highest BCUT2D eigenvalue weighted by molar-refractivity contribution is 6.35. The molecular weight excluding hydrogens is 939 g/mol. The largest absolute Gasteiger partial charge is 0.497 e. The topological polar surface area (TPSA) is 255 Å². The number of nitrogens with two attached hydrogens (primary N) is 1. The predicted octanol–water partition coefficient (Wildman–Crippen LogP) is 3.59. The number of likely N-dealkylation sites (tertiary alicyclic amines) is 2. The van der Waals surface area contributed by atoms with E-state index in [2.05, 4.69) is 10.6 Å². The molecule has 6 amide bonds. The van der Waals surface area contributed by atoms with Crippen LogP contribution in [-0.4, -0.2) is 166 Å². The molecule has 3 rings (SSSR count). The van der Waals surface area contributed by atoms with E-state index in [-0.39, 0.29) is 74.0 Å². The number of nitrogens with zero attached hydrogens (tertiary/aromatic N) is 4. The normalized spacial score (nSPS) is 19.0. The van der Waals surface area contributed by atoms with E-state index in [1.54, 1.807) is 31.2 Å². The maximum Gasteiger partial charge on any atom is 0.329 e. The first-order valence-corrected chi connectivity index (χ1v) is 26.3. The van der Waals surface area contributed by atoms with Crippen LogP contribution in [0.4, 0.5) is 0 Å². The Morgan fingerprint density at radius 3 is 1.84 bits per heavy atom. The monoisotopic (exact) mass is 1030 g/mol. The molecule has 0 saturated carbocycles. The van der Waals surface area contributed by atoms with Gasteiger partial charge in [0, 0.05) is 53.4 Å². The molecule has 19 nitrogen and oxygen atoms in total. The summed E-state index contributed by atoms with van der Waals surface area (Å²) in [7, 11) is 4.38. The van der Waals surface area contributed by atoms with Gasteiger partial charge in [0.05, 0.1) is 25.3 Å². The van der Waals surface area contributed by atoms with E-state index in [0.29, 0.717) is 56.4 Å². The second kappa shape index (κ2) is 28.9. The van der Waals surface area contributed by atoms with E-state index in [0.717, 1.165) is 6.92 Å². The molecule has 410 valence electrons. The molecule has 2 unspecified atom stereocenters. The first-order valence-electron chi connectivity index (χ1n) is 26.3. The summed E-state index contributed by atoms with van der Waals surface area (Å²) >= 11 is 0. The van der Waals surface area contributed by atoms with Crippen LogP contribution in [0.3, 0.4) is 0 Å². The number of esters is 1. The lowest BCUT2D eigenvalue weighted by Crippen LogP contribution is -2.62. The summed E-state index contributed by atoms with van der Waals surface area (Å²) < 4.78 is 11.5. The Hall–Kier alpha value is -5.43. The van der Waals surface area contributed by atoms with Gasteiger partial charge in [0.25, 0.3) is 5.91 Å². The molecule has 0 spiro atoms. The van der Waals surface area contributed by atoms with E-state index in [4.69, 9.17) is 15.2 Å². The Morgan fingerprint density at radius 2 is 1.32 bits per heavy atom. The van der Waals surface area contributed by atoms with Crippen molar-refractivity contribution in [1.82, 2.24) is 30.2 Å². The van der Waals surface area contributed by atoms with Crippen LogP contribution in [0.1, 0.15) is 139 Å². The van der Waals surface area contributed by atoms with Crippen LogP contribution in [0.5, 0.6) is 5.75 Å². The van der Waals surface area contributed by atoms with Crippen molar-refractivity contribution in [3.8, 4) is 5.75 Å². The number of amides is 6. The molecular formula is C54H87N7O12. The molecule has 1 aromatic rings. The van der Waals surface area contributed by atoms with Gasteiger partial charge < -0.3 is 50.5 Å². The quantitative estimate of drug-likeness (QED) is 0.0693. The van der Waals surface area contributed by atoms with Crippen molar-refractivity contribution in [2.75, 3.05) is 34.3 Å². The van der Waals surface area contributed by atoms with Crippen molar-refractivity contribution in [2.24, 2.45) is 29.4 Å². The van der Waals surface area contributed by atoms with Crippen molar-refractivity contribution in [1.29, 1.82) is 0 Å². The second-order valence-electron chi connectivity index (χ2n) is 21.5. The number of ether oxygens (including phenoxy) is 2. The van der Waals surface area contributed by atoms with Gasteiger partial charge in [0.1, 0.15) is 47.8 Å². The number of ketones is 2. The van der Waals surface area contributed by atoms with Crippen molar-refractivity contribution < 1.29 is 57.7 Å². The highest BCUT2D eigenvalue weighted by Crippen LogP contribution is 2.26. The lowest BCUT2D eigenvalue weighted by Gasteiger charge is -2.36. The van der Waals surface area contributed by atoms with Gasteiger partial charge in [-0.2, -0.15) is 0 Å². The molecule has 2 aliphatic heterocycles. The zero-order chi connectivity index (χ0) is 55.0. The molecule has 2 aliphatic rings. The van der Waals surface area contributed by atoms with E-state index in [1.165, 1.54) is 47.7 Å². The van der Waals surface area contributed by atoms with Crippen LogP contribution >= 0.6 is 0 Å². The lowest BCUT2D eigenvalue weighted by atomic mass is 9.90. The number of likely N-dealkylation sites (N-methyl/N-ethyl adjacent to an activating group) is 2. The number of aliphatic hydroxyl groups is 1. The fourth-order valence-corrected chi connectivity index (χ4v) is 9.62. The highest BCUT2D eigenvalue weighted by atomic mass is 16.5. The highest BCUT2D eigenvalue weighted by Gasteiger charge is 2.44. The number of methoxy groups -OCH3 is 1. The zero-order valence-electron chi connectivity index (χ0n) is 45.8. The van der Waals surface area contributed by atoms with E-state index in [9.17, 15) is 48.3 Å². The van der Waals surface area contributed by atoms with Gasteiger partial charge in [-0.1, -0.05) is 73.9 Å². The average Bonchev–Trinajstić information content (AvgIpc) is 4.04. The maximum atomic E-state index is 14.8. The predicted molar refractivity (Wildman–Crippen MR) is 275 cm³/mol. The van der Waals surface area contributed by atoms with E-state index >= 15 is 0 Å². The molecule has 0 aromatic heterocycles. The van der Waals surface area contributed by atoms with Gasteiger partial charge >= 0.3 is 5.97 Å². The summed E-state index contributed by atoms with van der Waals surface area (Å²) in [6.45, 7) is 18.3. The maximum absolute atomic E-state index is 14.8. The fourth-order valence-electron chi connectivity index (χ4n) is 9.62. The number of rotatable bonds is 28. The fraction of sp³-hybridized carbons (Fsp3) is 0.722. The van der Waals surface area contributed by atoms with Crippen molar-refractivity contribution in [3.05, 3.63) is 29.8 Å². The molecule has 19 heteroatoms. The van der Waals surface area contributed by atoms with Crippen LogP contribution in [-0.2, 0) is 54.3 Å². The van der Waals surface area contributed by atoms with Crippen molar-refractivity contribution in [2.45, 2.75) is 194 Å². The molecule has 2 fully saturated rings. The number of aliphatic hydroxyl groups excluding tert-OH is 1. The van der Waals surface area contributed by atoms with Gasteiger partial charge in [-0.25, -0.2) is 4.79 Å². The smallest absolute Gasteiger partial charge is 0.329 e. The minimum absolute atomic E-state index is 0.0602. The summed E-state index contributed by atoms with van der Waals surface area (Å²) in [6, 6.07) is -1.06. The van der Waals surface area contributed by atoms with Crippen LogP contribution in [0, 0.1) is 23.7 Å². The molecule has 0 bridgehead atoms. The first kappa shape index (κ1) is 61.9. The van der Waals surface area contributed by atoms with Gasteiger partial charge in [-0.05, 0) is 93.2 Å². The Balaban J connectivity index is 2.10. The van der Waals surface area contributed by atoms with Crippen molar-refractivity contribution in [3.63, 3.8) is 0 Å². The Labute approximate surface area is 433 Å². The first-order chi connectivity index (χ1) is 34.2. The third kappa shape index (κ3) is 17.6. The van der Waals surface area contributed by atoms with Gasteiger partial charge in [-0.15, -0.1) is 0 Å². The molecule has 73 heavy (non-hydrogen) atoms. The van der Waals surface area contributed by atoms with Gasteiger partial charge in [-0.3, -0.25) is 38.4 Å². The van der Waals surface area contributed by atoms with Crippen LogP contribution in [0.25, 0.3) is 0 Å². The number of benzene rings is 1. The zero-order valence-corrected chi connectivity index (χ0v) is 45.8. The third-order valence-corrected chi connectivity index (χ3v) is 14.2. The summed E-state index contributed by atoms with van der Waals surface area (Å²) in [5.74, 6) is -5.35. The Bertz CT molecular complexity index is 2060. The van der Waals surface area contributed by atoms with Crippen LogP contribution in [0.2, 0.25) is 0 Å².